The highest BCUT2D eigenvalue weighted by molar-refractivity contribution is 9.10. The van der Waals surface area contributed by atoms with Crippen molar-refractivity contribution in [1.82, 2.24) is 0 Å². The van der Waals surface area contributed by atoms with E-state index in [1.807, 2.05) is 6.92 Å². The van der Waals surface area contributed by atoms with Crippen LogP contribution in [0.4, 0.5) is 11.4 Å². The lowest BCUT2D eigenvalue weighted by Crippen LogP contribution is -2.36. The first-order chi connectivity index (χ1) is 15.1. The first-order valence-corrected chi connectivity index (χ1v) is 11.9. The van der Waals surface area contributed by atoms with Gasteiger partial charge in [-0.25, -0.2) is 8.42 Å². The van der Waals surface area contributed by atoms with E-state index in [9.17, 15) is 23.1 Å². The zero-order valence-corrected chi connectivity index (χ0v) is 19.3. The monoisotopic (exact) mass is 514 g/mol. The molecule has 0 spiro atoms. The first-order valence-electron chi connectivity index (χ1n) is 9.65. The molecule has 9 heteroatoms. The van der Waals surface area contributed by atoms with Crippen LogP contribution in [-0.4, -0.2) is 25.2 Å². The molecule has 0 radical (unpaired) electrons. The maximum atomic E-state index is 12.8. The maximum Gasteiger partial charge on any atom is 0.261 e. The van der Waals surface area contributed by atoms with Crippen LogP contribution in [0.2, 0.25) is 0 Å². The molecule has 1 heterocycles. The zero-order chi connectivity index (χ0) is 23.1. The van der Waals surface area contributed by atoms with Crippen molar-refractivity contribution in [2.75, 3.05) is 10.0 Å². The van der Waals surface area contributed by atoms with Crippen molar-refractivity contribution < 1.29 is 23.1 Å². The lowest BCUT2D eigenvalue weighted by atomic mass is 9.88. The van der Waals surface area contributed by atoms with Crippen LogP contribution in [0.25, 0.3) is 0 Å². The number of amides is 1. The Labute approximate surface area is 193 Å². The van der Waals surface area contributed by atoms with Crippen LogP contribution in [0.15, 0.2) is 76.1 Å². The van der Waals surface area contributed by atoms with E-state index in [2.05, 4.69) is 26.0 Å². The third-order valence-corrected chi connectivity index (χ3v) is 7.15. The summed E-state index contributed by atoms with van der Waals surface area (Å²) in [5.41, 5.74) is 0.269. The Hall–Kier alpha value is -3.01. The minimum absolute atomic E-state index is 0.127. The minimum atomic E-state index is -3.77. The topological polar surface area (TPSA) is 113 Å². The van der Waals surface area contributed by atoms with Crippen LogP contribution in [0.3, 0.4) is 0 Å². The number of rotatable bonds is 6. The van der Waals surface area contributed by atoms with Gasteiger partial charge >= 0.3 is 0 Å². The molecule has 0 saturated carbocycles. The third kappa shape index (κ3) is 4.19. The number of Topliss-reactive ketones (excluding diaryl/α,β-unsaturated/α-hetero) is 1. The number of benzene rings is 3. The molecule has 3 N–H and O–H groups in total. The third-order valence-electron chi connectivity index (χ3n) is 5.26. The summed E-state index contributed by atoms with van der Waals surface area (Å²) in [5.74, 6) is -1.12. The van der Waals surface area contributed by atoms with Gasteiger partial charge in [0.15, 0.2) is 11.4 Å². The van der Waals surface area contributed by atoms with Crippen molar-refractivity contribution in [3.05, 3.63) is 87.9 Å². The van der Waals surface area contributed by atoms with Crippen molar-refractivity contribution in [3.8, 4) is 0 Å². The highest BCUT2D eigenvalue weighted by Crippen LogP contribution is 2.40. The number of aryl methyl sites for hydroxylation is 1. The van der Waals surface area contributed by atoms with Gasteiger partial charge in [-0.05, 0) is 61.5 Å². The van der Waals surface area contributed by atoms with Crippen LogP contribution in [-0.2, 0) is 20.4 Å². The fraction of sp³-hybridized carbons (Fsp3) is 0.130. The molecule has 3 aromatic carbocycles. The summed E-state index contributed by atoms with van der Waals surface area (Å²) in [6, 6.07) is 17.2. The molecule has 1 unspecified atom stereocenters. The predicted molar refractivity (Wildman–Crippen MR) is 124 cm³/mol. The van der Waals surface area contributed by atoms with Gasteiger partial charge in [0, 0.05) is 27.0 Å². The number of sulfonamides is 1. The summed E-state index contributed by atoms with van der Waals surface area (Å²) < 4.78 is 28.2. The average molecular weight is 515 g/mol. The fourth-order valence-corrected chi connectivity index (χ4v) is 4.90. The molecule has 0 aromatic heterocycles. The van der Waals surface area contributed by atoms with Gasteiger partial charge in [0.05, 0.1) is 11.3 Å². The highest BCUT2D eigenvalue weighted by atomic mass is 79.9. The second kappa shape index (κ2) is 8.16. The fourth-order valence-electron chi connectivity index (χ4n) is 3.48. The molecule has 4 rings (SSSR count). The molecule has 1 aliphatic rings. The Morgan fingerprint density at radius 3 is 2.38 bits per heavy atom. The summed E-state index contributed by atoms with van der Waals surface area (Å²) >= 11 is 3.31. The number of carbonyl (C=O) groups excluding carboxylic acids is 2. The summed E-state index contributed by atoms with van der Waals surface area (Å²) in [6.07, 6.45) is -0.448. The molecule has 0 fully saturated rings. The van der Waals surface area contributed by atoms with E-state index in [0.29, 0.717) is 15.7 Å². The van der Waals surface area contributed by atoms with Crippen LogP contribution in [0, 0.1) is 6.92 Å². The largest absolute Gasteiger partial charge is 0.375 e. The standard InChI is InChI=1S/C23H19BrN2O5S/c1-14-2-9-18(10-3-14)32(30,31)26-17-7-4-15(5-8-17)21(27)13-23(29)19-12-16(24)6-11-20(19)25-22(23)28/h2-12,26,29H,13H2,1H3,(H,25,28). The van der Waals surface area contributed by atoms with Crippen LogP contribution >= 0.6 is 15.9 Å². The van der Waals surface area contributed by atoms with Crippen molar-refractivity contribution in [2.24, 2.45) is 0 Å². The number of ketones is 1. The number of anilines is 2. The number of halogens is 1. The molecule has 1 amide bonds. The molecule has 0 aliphatic carbocycles. The SMILES string of the molecule is Cc1ccc(S(=O)(=O)Nc2ccc(C(=O)CC3(O)C(=O)Nc4ccc(Br)cc43)cc2)cc1. The van der Waals surface area contributed by atoms with Crippen LogP contribution in [0.5, 0.6) is 0 Å². The number of fused-ring (bicyclic) bond motifs is 1. The number of nitrogens with one attached hydrogen (secondary N) is 2. The van der Waals surface area contributed by atoms with Gasteiger partial charge < -0.3 is 10.4 Å². The van der Waals surface area contributed by atoms with E-state index in [4.69, 9.17) is 0 Å². The Bertz CT molecular complexity index is 1320. The quantitative estimate of drug-likeness (QED) is 0.430. The maximum absolute atomic E-state index is 12.8. The van der Waals surface area contributed by atoms with Gasteiger partial charge in [-0.2, -0.15) is 0 Å². The molecule has 7 nitrogen and oxygen atoms in total. The molecular formula is C23H19BrN2O5S. The van der Waals surface area contributed by atoms with Gasteiger partial charge in [-0.15, -0.1) is 0 Å². The molecule has 3 aromatic rings. The second-order valence-electron chi connectivity index (χ2n) is 7.60. The van der Waals surface area contributed by atoms with E-state index >= 15 is 0 Å². The molecule has 1 atom stereocenters. The smallest absolute Gasteiger partial charge is 0.261 e. The first kappa shape index (κ1) is 22.2. The number of aliphatic hydroxyl groups is 1. The summed E-state index contributed by atoms with van der Waals surface area (Å²) in [4.78, 5) is 25.3. The highest BCUT2D eigenvalue weighted by Gasteiger charge is 2.46. The van der Waals surface area contributed by atoms with Crippen molar-refractivity contribution in [1.29, 1.82) is 0 Å². The van der Waals surface area contributed by atoms with Gasteiger partial charge in [-0.3, -0.25) is 14.3 Å². The molecule has 0 bridgehead atoms. The Morgan fingerprint density at radius 2 is 1.72 bits per heavy atom. The van der Waals surface area contributed by atoms with E-state index < -0.39 is 33.7 Å². The number of hydrogen-bond donors (Lipinski definition) is 3. The molecule has 0 saturated heterocycles. The summed E-state index contributed by atoms with van der Waals surface area (Å²) in [7, 11) is -3.77. The molecular weight excluding hydrogens is 496 g/mol. The van der Waals surface area contributed by atoms with Crippen LogP contribution < -0.4 is 10.0 Å². The molecule has 32 heavy (non-hydrogen) atoms. The predicted octanol–water partition coefficient (Wildman–Crippen LogP) is 3.97. The zero-order valence-electron chi connectivity index (χ0n) is 16.9. The van der Waals surface area contributed by atoms with E-state index in [-0.39, 0.29) is 16.1 Å². The van der Waals surface area contributed by atoms with E-state index in [1.54, 1.807) is 30.3 Å². The number of hydrogen-bond acceptors (Lipinski definition) is 5. The average Bonchev–Trinajstić information content (AvgIpc) is 2.98. The van der Waals surface area contributed by atoms with Crippen molar-refractivity contribution in [2.45, 2.75) is 23.8 Å². The van der Waals surface area contributed by atoms with Gasteiger partial charge in [0.25, 0.3) is 15.9 Å². The molecule has 164 valence electrons. The van der Waals surface area contributed by atoms with Gasteiger partial charge in [-0.1, -0.05) is 33.6 Å². The second-order valence-corrected chi connectivity index (χ2v) is 10.2. The van der Waals surface area contributed by atoms with Gasteiger partial charge in [0.1, 0.15) is 0 Å². The van der Waals surface area contributed by atoms with E-state index in [0.717, 1.165) is 5.56 Å². The van der Waals surface area contributed by atoms with Crippen molar-refractivity contribution >= 4 is 49.0 Å². The van der Waals surface area contributed by atoms with Crippen molar-refractivity contribution in [3.63, 3.8) is 0 Å². The van der Waals surface area contributed by atoms with E-state index in [1.165, 1.54) is 36.4 Å². The lowest BCUT2D eigenvalue weighted by Gasteiger charge is -2.20. The minimum Gasteiger partial charge on any atom is -0.375 e. The number of carbonyl (C=O) groups is 2. The Morgan fingerprint density at radius 1 is 1.06 bits per heavy atom. The molecule has 1 aliphatic heterocycles. The Kier molecular flexibility index (Phi) is 5.66. The summed E-state index contributed by atoms with van der Waals surface area (Å²) in [5, 5.41) is 13.6. The van der Waals surface area contributed by atoms with Crippen LogP contribution in [0.1, 0.15) is 27.9 Å². The normalized spacial score (nSPS) is 17.5. The lowest BCUT2D eigenvalue weighted by molar-refractivity contribution is -0.133. The van der Waals surface area contributed by atoms with Gasteiger partial charge in [0.2, 0.25) is 0 Å². The summed E-state index contributed by atoms with van der Waals surface area (Å²) in [6.45, 7) is 1.86. The Balaban J connectivity index is 1.51.